The van der Waals surface area contributed by atoms with E-state index in [1.54, 1.807) is 12.1 Å². The fraction of sp³-hybridized carbons (Fsp3) is 0.111. The van der Waals surface area contributed by atoms with Gasteiger partial charge < -0.3 is 25.1 Å². The Hall–Kier alpha value is -3.88. The van der Waals surface area contributed by atoms with Gasteiger partial charge in [-0.15, -0.1) is 0 Å². The van der Waals surface area contributed by atoms with Gasteiger partial charge in [-0.05, 0) is 30.3 Å². The van der Waals surface area contributed by atoms with E-state index in [4.69, 9.17) is 9.84 Å². The molecule has 1 aromatic heterocycles. The summed E-state index contributed by atoms with van der Waals surface area (Å²) >= 11 is 0. The van der Waals surface area contributed by atoms with Crippen LogP contribution in [0.15, 0.2) is 48.5 Å². The summed E-state index contributed by atoms with van der Waals surface area (Å²) in [6, 6.07) is 11.6. The van der Waals surface area contributed by atoms with Gasteiger partial charge in [0.1, 0.15) is 23.6 Å². The number of nitrogens with zero attached hydrogens (tertiary/aromatic N) is 2. The van der Waals surface area contributed by atoms with Gasteiger partial charge >= 0.3 is 17.6 Å². The molecule has 0 aliphatic carbocycles. The first-order valence-corrected chi connectivity index (χ1v) is 7.89. The van der Waals surface area contributed by atoms with Gasteiger partial charge in [0, 0.05) is 18.0 Å². The second-order valence-electron chi connectivity index (χ2n) is 5.57. The molecule has 0 fully saturated rings. The number of amides is 1. The first-order valence-electron chi connectivity index (χ1n) is 7.89. The first-order chi connectivity index (χ1) is 12.9. The van der Waals surface area contributed by atoms with E-state index in [2.05, 4.69) is 5.32 Å². The second kappa shape index (κ2) is 7.16. The van der Waals surface area contributed by atoms with Crippen LogP contribution in [0.5, 0.6) is 5.75 Å². The summed E-state index contributed by atoms with van der Waals surface area (Å²) in [5.41, 5.74) is -0.297. The average Bonchev–Trinajstić information content (AvgIpc) is 2.69. The van der Waals surface area contributed by atoms with Gasteiger partial charge in [-0.25, -0.2) is 4.79 Å². The van der Waals surface area contributed by atoms with E-state index >= 15 is 0 Å². The molecule has 2 N–H and O–H groups in total. The molecule has 0 aliphatic rings. The van der Waals surface area contributed by atoms with Crippen LogP contribution < -0.4 is 14.5 Å². The summed E-state index contributed by atoms with van der Waals surface area (Å²) in [6.07, 6.45) is 0. The third-order valence-electron chi connectivity index (χ3n) is 3.96. The number of carbonyl (C=O) groups is 2. The molecule has 0 atom stereocenters. The highest BCUT2D eigenvalue weighted by molar-refractivity contribution is 5.93. The van der Waals surface area contributed by atoms with E-state index in [-0.39, 0.29) is 40.3 Å². The van der Waals surface area contributed by atoms with Gasteiger partial charge in [-0.1, -0.05) is 12.1 Å². The maximum Gasteiger partial charge on any atom is 0.350 e. The molecule has 9 nitrogen and oxygen atoms in total. The molecule has 0 saturated heterocycles. The van der Waals surface area contributed by atoms with Gasteiger partial charge in [0.2, 0.25) is 0 Å². The molecular weight excluding hydrogens is 354 g/mol. The zero-order valence-corrected chi connectivity index (χ0v) is 14.2. The predicted molar refractivity (Wildman–Crippen MR) is 95.2 cm³/mol. The van der Waals surface area contributed by atoms with Gasteiger partial charge in [0.15, 0.2) is 0 Å². The van der Waals surface area contributed by atoms with Crippen molar-refractivity contribution in [3.63, 3.8) is 0 Å². The fourth-order valence-corrected chi connectivity index (χ4v) is 2.60. The Morgan fingerprint density at radius 3 is 2.48 bits per heavy atom. The Balaban J connectivity index is 2.04. The molecule has 1 amide bonds. The van der Waals surface area contributed by atoms with Crippen LogP contribution >= 0.6 is 0 Å². The summed E-state index contributed by atoms with van der Waals surface area (Å²) in [5, 5.41) is 24.0. The van der Waals surface area contributed by atoms with Crippen molar-refractivity contribution in [2.75, 3.05) is 7.05 Å². The number of fused-ring (bicyclic) bond motifs is 1. The topological polar surface area (TPSA) is 127 Å². The Morgan fingerprint density at radius 2 is 1.85 bits per heavy atom. The van der Waals surface area contributed by atoms with Gasteiger partial charge in [0.05, 0.1) is 9.99 Å². The van der Waals surface area contributed by atoms with Crippen molar-refractivity contribution >= 4 is 22.9 Å². The number of para-hydroxylation sites is 2. The van der Waals surface area contributed by atoms with E-state index in [1.165, 1.54) is 43.4 Å². The average molecular weight is 369 g/mol. The van der Waals surface area contributed by atoms with Crippen molar-refractivity contribution in [1.82, 2.24) is 10.0 Å². The number of carbonyl (C=O) groups excluding carboxylic acids is 1. The number of carboxylic acid groups (broad SMARTS) is 1. The zero-order chi connectivity index (χ0) is 19.6. The van der Waals surface area contributed by atoms with Crippen LogP contribution in [0.1, 0.15) is 26.5 Å². The summed E-state index contributed by atoms with van der Waals surface area (Å²) in [4.78, 5) is 35.7. The van der Waals surface area contributed by atoms with Crippen LogP contribution in [0.2, 0.25) is 0 Å². The molecule has 9 heteroatoms. The summed E-state index contributed by atoms with van der Waals surface area (Å²) in [6.45, 7) is -0.355. The van der Waals surface area contributed by atoms with Crippen LogP contribution in [0.25, 0.3) is 11.0 Å². The van der Waals surface area contributed by atoms with Crippen molar-refractivity contribution in [1.29, 1.82) is 0 Å². The van der Waals surface area contributed by atoms with Gasteiger partial charge in [-0.2, -0.15) is 0 Å². The second-order valence-corrected chi connectivity index (χ2v) is 5.57. The highest BCUT2D eigenvalue weighted by Crippen LogP contribution is 2.18. The lowest BCUT2D eigenvalue weighted by Gasteiger charge is -2.19. The van der Waals surface area contributed by atoms with E-state index in [0.29, 0.717) is 9.16 Å². The minimum absolute atomic E-state index is 0.0562. The van der Waals surface area contributed by atoms with Crippen LogP contribution in [-0.4, -0.2) is 28.8 Å². The molecule has 138 valence electrons. The molecule has 27 heavy (non-hydrogen) atoms. The van der Waals surface area contributed by atoms with Crippen molar-refractivity contribution in [3.8, 4) is 5.75 Å². The lowest BCUT2D eigenvalue weighted by atomic mass is 10.2. The van der Waals surface area contributed by atoms with Crippen molar-refractivity contribution in [2.24, 2.45) is 0 Å². The maximum absolute atomic E-state index is 12.7. The molecule has 0 saturated carbocycles. The highest BCUT2D eigenvalue weighted by Gasteiger charge is 2.28. The number of aromatic carboxylic acids is 1. The Bertz CT molecular complexity index is 1090. The Labute approximate surface area is 152 Å². The number of hydrogen-bond donors (Lipinski definition) is 2. The predicted octanol–water partition coefficient (Wildman–Crippen LogP) is 1.54. The lowest BCUT2D eigenvalue weighted by molar-refractivity contribution is -0.468. The molecule has 0 unspecified atom stereocenters. The highest BCUT2D eigenvalue weighted by atomic mass is 16.5. The molecule has 0 aliphatic heterocycles. The van der Waals surface area contributed by atoms with Gasteiger partial charge in [0.25, 0.3) is 5.52 Å². The lowest BCUT2D eigenvalue weighted by Crippen LogP contribution is -2.36. The molecule has 3 aromatic rings. The number of benzene rings is 2. The molecule has 0 spiro atoms. The zero-order valence-electron chi connectivity index (χ0n) is 14.2. The largest absolute Gasteiger partial charge is 0.805 e. The standard InChI is InChI=1S/C18H15N3O6/c1-19-17(22)16-15(10-27-12-8-6-11(7-9-12)18(23)24)20(25)13-4-2-3-5-14(13)21(16)26/h2-9H,10H2,1H3,(H,19,22)(H,23,24). The van der Waals surface area contributed by atoms with Crippen molar-refractivity contribution < 1.29 is 23.9 Å². The smallest absolute Gasteiger partial charge is 0.350 e. The number of nitrogens with one attached hydrogen (secondary N) is 1. The molecule has 0 bridgehead atoms. The molecule has 1 heterocycles. The molecule has 0 radical (unpaired) electrons. The van der Waals surface area contributed by atoms with E-state index in [9.17, 15) is 19.7 Å². The fourth-order valence-electron chi connectivity index (χ4n) is 2.60. The summed E-state index contributed by atoms with van der Waals surface area (Å²) in [7, 11) is 1.35. The Kier molecular flexibility index (Phi) is 4.75. The third kappa shape index (κ3) is 3.30. The first kappa shape index (κ1) is 17.9. The number of aromatic nitrogens is 2. The number of ether oxygens (including phenoxy) is 1. The minimum atomic E-state index is -1.08. The summed E-state index contributed by atoms with van der Waals surface area (Å²) in [5.74, 6) is -1.52. The molecular formula is C18H15N3O6. The van der Waals surface area contributed by atoms with E-state index in [1.807, 2.05) is 0 Å². The maximum atomic E-state index is 12.7. The molecule has 3 rings (SSSR count). The van der Waals surface area contributed by atoms with Gasteiger partial charge in [-0.3, -0.25) is 4.79 Å². The third-order valence-corrected chi connectivity index (χ3v) is 3.96. The van der Waals surface area contributed by atoms with Crippen LogP contribution in [0.3, 0.4) is 0 Å². The summed E-state index contributed by atoms with van der Waals surface area (Å²) < 4.78 is 6.38. The quantitative estimate of drug-likeness (QED) is 0.657. The van der Waals surface area contributed by atoms with E-state index in [0.717, 1.165) is 0 Å². The van der Waals surface area contributed by atoms with E-state index < -0.39 is 11.9 Å². The SMILES string of the molecule is CNC(=O)c1c(COc2ccc(C(=O)O)cc2)n([O-])c2ccccc2[n+]1=O. The van der Waals surface area contributed by atoms with Crippen molar-refractivity contribution in [2.45, 2.75) is 6.61 Å². The normalized spacial score (nSPS) is 10.6. The number of rotatable bonds is 5. The van der Waals surface area contributed by atoms with Crippen LogP contribution in [0.4, 0.5) is 0 Å². The van der Waals surface area contributed by atoms with Crippen LogP contribution in [-0.2, 0) is 6.61 Å². The van der Waals surface area contributed by atoms with Crippen LogP contribution in [0, 0.1) is 10.1 Å². The number of carboxylic acids is 1. The molecule has 2 aromatic carbocycles. The number of hydrogen-bond acceptors (Lipinski definition) is 5. The minimum Gasteiger partial charge on any atom is -0.805 e. The Morgan fingerprint density at radius 1 is 1.19 bits per heavy atom. The van der Waals surface area contributed by atoms with Crippen molar-refractivity contribution in [3.05, 3.63) is 75.6 Å². The monoisotopic (exact) mass is 369 g/mol.